The molecule has 3 aliphatic rings. The Bertz CT molecular complexity index is 2690. The van der Waals surface area contributed by atoms with Crippen molar-refractivity contribution in [1.29, 1.82) is 0 Å². The number of hydrogen-bond acceptors (Lipinski definition) is 9. The second-order valence-electron chi connectivity index (χ2n) is 11.2. The number of rotatable bonds is 1. The van der Waals surface area contributed by atoms with Gasteiger partial charge in [0.1, 0.15) is 26.9 Å². The molecule has 222 valence electrons. The minimum Gasteiger partial charge on any atom is -0.324 e. The zero-order valence-electron chi connectivity index (χ0n) is 24.2. The van der Waals surface area contributed by atoms with Gasteiger partial charge < -0.3 is 9.97 Å². The Morgan fingerprint density at radius 1 is 0.553 bits per heavy atom. The van der Waals surface area contributed by atoms with Crippen LogP contribution in [0.1, 0.15) is 0 Å². The van der Waals surface area contributed by atoms with Gasteiger partial charge in [-0.3, -0.25) is 9.69 Å². The number of fused-ring (bicyclic) bond motifs is 20. The summed E-state index contributed by atoms with van der Waals surface area (Å²) < 4.78 is 0.497. The summed E-state index contributed by atoms with van der Waals surface area (Å²) in [7, 11) is 0. The molecule has 3 aliphatic heterocycles. The van der Waals surface area contributed by atoms with Gasteiger partial charge in [0.05, 0.1) is 16.8 Å². The predicted octanol–water partition coefficient (Wildman–Crippen LogP) is 7.23. The number of carbonyl (C=O) groups is 1. The first-order valence-corrected chi connectivity index (χ1v) is 16.2. The molecule has 0 spiro atoms. The van der Waals surface area contributed by atoms with E-state index in [9.17, 15) is 4.79 Å². The Labute approximate surface area is 275 Å². The largest absolute Gasteiger partial charge is 0.324 e. The van der Waals surface area contributed by atoms with Gasteiger partial charge >= 0.3 is 0 Å². The minimum atomic E-state index is -0.0817. The van der Waals surface area contributed by atoms with Crippen LogP contribution in [0.25, 0.3) is 89.7 Å². The van der Waals surface area contributed by atoms with Crippen LogP contribution >= 0.6 is 24.0 Å². The molecule has 1 saturated heterocycles. The van der Waals surface area contributed by atoms with Gasteiger partial charge in [-0.2, -0.15) is 0 Å². The highest BCUT2D eigenvalue weighted by atomic mass is 32.2. The Hall–Kier alpha value is -5.85. The lowest BCUT2D eigenvalue weighted by atomic mass is 10.1. The molecule has 0 aliphatic carbocycles. The second-order valence-corrected chi connectivity index (χ2v) is 12.8. The standard InChI is InChI=1S/C35H19N9OS2/c45-25-16-47-35(46)44(25)24-15-7-14-23-26(24)34-42-32-22-13-6-5-12-21(22)30(40-32)38-28-18-9-2-1-8-17(18)27(36-28)37-29-19-10-3-4-11-20(19)31(39-29)41-33(23)43-34/h1-15H,16H2,(H2,36,37,38,39,40,41,42,43). The number of nitrogens with zero attached hydrogens (tertiary/aromatic N) is 7. The molecule has 12 heteroatoms. The van der Waals surface area contributed by atoms with E-state index in [4.69, 9.17) is 42.1 Å². The highest BCUT2D eigenvalue weighted by Crippen LogP contribution is 2.39. The van der Waals surface area contributed by atoms with Crippen LogP contribution in [0.5, 0.6) is 0 Å². The maximum atomic E-state index is 13.1. The molecule has 10 nitrogen and oxygen atoms in total. The molecule has 0 unspecified atom stereocenters. The van der Waals surface area contributed by atoms with Crippen LogP contribution in [-0.4, -0.2) is 55.9 Å². The summed E-state index contributed by atoms with van der Waals surface area (Å²) in [6, 6.07) is 29.5. The monoisotopic (exact) mass is 645 g/mol. The molecule has 2 N–H and O–H groups in total. The minimum absolute atomic E-state index is 0.0817. The number of aromatic amines is 2. The van der Waals surface area contributed by atoms with E-state index in [1.807, 2.05) is 91.0 Å². The van der Waals surface area contributed by atoms with Crippen LogP contribution in [-0.2, 0) is 4.79 Å². The summed E-state index contributed by atoms with van der Waals surface area (Å²) in [6.45, 7) is 0. The molecule has 47 heavy (non-hydrogen) atoms. The lowest BCUT2D eigenvalue weighted by molar-refractivity contribution is -0.115. The van der Waals surface area contributed by atoms with Crippen molar-refractivity contribution in [2.45, 2.75) is 0 Å². The number of nitrogens with one attached hydrogen (secondary N) is 2. The summed E-state index contributed by atoms with van der Waals surface area (Å²) in [5.41, 5.74) is 6.37. The molecular formula is C35H19N9OS2. The fourth-order valence-electron chi connectivity index (χ4n) is 6.45. The summed E-state index contributed by atoms with van der Waals surface area (Å²) in [4.78, 5) is 51.7. The van der Waals surface area contributed by atoms with E-state index in [0.29, 0.717) is 61.3 Å². The maximum absolute atomic E-state index is 13.1. The van der Waals surface area contributed by atoms with Gasteiger partial charge in [-0.1, -0.05) is 109 Å². The van der Waals surface area contributed by atoms with E-state index in [1.54, 1.807) is 4.90 Å². The third kappa shape index (κ3) is 3.92. The molecule has 6 heterocycles. The summed E-state index contributed by atoms with van der Waals surface area (Å²) in [6.07, 6.45) is 0. The zero-order valence-corrected chi connectivity index (χ0v) is 25.9. The lowest BCUT2D eigenvalue weighted by Crippen LogP contribution is -2.28. The van der Waals surface area contributed by atoms with E-state index in [2.05, 4.69) is 9.97 Å². The predicted molar refractivity (Wildman–Crippen MR) is 189 cm³/mol. The number of aromatic nitrogens is 8. The molecule has 1 amide bonds. The fraction of sp³-hybridized carbons (Fsp3) is 0.0286. The van der Waals surface area contributed by atoms with E-state index in [-0.39, 0.29) is 11.7 Å². The fourth-order valence-corrected chi connectivity index (χ4v) is 7.53. The van der Waals surface area contributed by atoms with Gasteiger partial charge in [0.15, 0.2) is 23.3 Å². The Morgan fingerprint density at radius 3 is 1.51 bits per heavy atom. The SMILES string of the molecule is O=C1CSC(=S)N1c1cccc2c3nc4nc(nc5[nH]c(nc6nc(nc([nH]3)c12)-c1ccccc1-6)c1ccccc51)-c1ccccc1-4. The molecule has 0 radical (unpaired) electrons. The van der Waals surface area contributed by atoms with Gasteiger partial charge in [-0.05, 0) is 6.07 Å². The second kappa shape index (κ2) is 9.82. The molecule has 4 aromatic carbocycles. The number of thiocarbonyl (C=S) groups is 1. The van der Waals surface area contributed by atoms with Crippen molar-refractivity contribution in [3.63, 3.8) is 0 Å². The topological polar surface area (TPSA) is 129 Å². The van der Waals surface area contributed by atoms with E-state index >= 15 is 0 Å². The van der Waals surface area contributed by atoms with Gasteiger partial charge in [0.2, 0.25) is 5.91 Å². The van der Waals surface area contributed by atoms with Gasteiger partial charge in [0, 0.05) is 38.4 Å². The quantitative estimate of drug-likeness (QED) is 0.178. The number of hydrogen-bond donors (Lipinski definition) is 2. The lowest BCUT2D eigenvalue weighted by Gasteiger charge is -2.16. The van der Waals surface area contributed by atoms with E-state index in [0.717, 1.165) is 38.4 Å². The molecule has 8 bridgehead atoms. The number of thioether (sulfide) groups is 1. The number of carbonyl (C=O) groups excluding carboxylic acids is 1. The van der Waals surface area contributed by atoms with Crippen molar-refractivity contribution in [2.75, 3.05) is 10.7 Å². The molecule has 0 atom stereocenters. The summed E-state index contributed by atoms with van der Waals surface area (Å²) in [5.74, 6) is 2.26. The zero-order chi connectivity index (χ0) is 31.2. The number of benzene rings is 4. The van der Waals surface area contributed by atoms with Crippen molar-refractivity contribution in [1.82, 2.24) is 39.9 Å². The van der Waals surface area contributed by atoms with Crippen molar-refractivity contribution in [2.24, 2.45) is 0 Å². The highest BCUT2D eigenvalue weighted by Gasteiger charge is 2.31. The third-order valence-corrected chi connectivity index (χ3v) is 9.91. The van der Waals surface area contributed by atoms with Crippen LogP contribution < -0.4 is 4.90 Å². The number of anilines is 1. The smallest absolute Gasteiger partial charge is 0.243 e. The van der Waals surface area contributed by atoms with Crippen molar-refractivity contribution >= 4 is 84.0 Å². The van der Waals surface area contributed by atoms with Crippen LogP contribution in [0, 0.1) is 0 Å². The molecule has 0 saturated carbocycles. The summed E-state index contributed by atoms with van der Waals surface area (Å²) >= 11 is 6.97. The Kier molecular flexibility index (Phi) is 5.51. The highest BCUT2D eigenvalue weighted by molar-refractivity contribution is 8.24. The molecule has 10 rings (SSSR count). The van der Waals surface area contributed by atoms with Gasteiger partial charge in [-0.15, -0.1) is 0 Å². The normalized spacial score (nSPS) is 13.8. The summed E-state index contributed by atoms with van der Waals surface area (Å²) in [5, 5.41) is 3.31. The van der Waals surface area contributed by atoms with Crippen molar-refractivity contribution in [3.05, 3.63) is 91.0 Å². The third-order valence-electron chi connectivity index (χ3n) is 8.55. The van der Waals surface area contributed by atoms with E-state index < -0.39 is 0 Å². The van der Waals surface area contributed by atoms with Gasteiger partial charge in [-0.25, -0.2) is 29.9 Å². The van der Waals surface area contributed by atoms with Crippen LogP contribution in [0.2, 0.25) is 0 Å². The number of H-pyrrole nitrogens is 2. The average molecular weight is 646 g/mol. The molecule has 3 aromatic heterocycles. The van der Waals surface area contributed by atoms with Gasteiger partial charge in [0.25, 0.3) is 0 Å². The van der Waals surface area contributed by atoms with Crippen molar-refractivity contribution < 1.29 is 4.79 Å². The Balaban J connectivity index is 1.41. The number of amides is 1. The first-order chi connectivity index (χ1) is 23.1. The van der Waals surface area contributed by atoms with Crippen LogP contribution in [0.4, 0.5) is 5.69 Å². The average Bonchev–Trinajstić information content (AvgIpc) is 3.89. The van der Waals surface area contributed by atoms with Crippen molar-refractivity contribution in [3.8, 4) is 45.6 Å². The first-order valence-electron chi connectivity index (χ1n) is 14.8. The maximum Gasteiger partial charge on any atom is 0.243 e. The molecular weight excluding hydrogens is 627 g/mol. The van der Waals surface area contributed by atoms with E-state index in [1.165, 1.54) is 11.8 Å². The van der Waals surface area contributed by atoms with Crippen LogP contribution in [0.3, 0.4) is 0 Å². The first kappa shape index (κ1) is 26.4. The molecule has 1 fully saturated rings. The van der Waals surface area contributed by atoms with Crippen LogP contribution in [0.15, 0.2) is 91.0 Å². The molecule has 7 aromatic rings. The Morgan fingerprint density at radius 2 is 1.00 bits per heavy atom.